The number of hydrogen-bond acceptors (Lipinski definition) is 2. The molecule has 0 aliphatic carbocycles. The average Bonchev–Trinajstić information content (AvgIpc) is 2.60. The van der Waals surface area contributed by atoms with Crippen LogP contribution in [0.2, 0.25) is 0 Å². The normalized spacial score (nSPS) is 11.7. The van der Waals surface area contributed by atoms with E-state index in [4.69, 9.17) is 5.11 Å². The van der Waals surface area contributed by atoms with Crippen LogP contribution in [-0.4, -0.2) is 23.0 Å². The molecule has 0 saturated carbocycles. The van der Waals surface area contributed by atoms with Crippen LogP contribution < -0.4 is 5.32 Å². The molecule has 0 bridgehead atoms. The van der Waals surface area contributed by atoms with Gasteiger partial charge in [0.25, 0.3) is 0 Å². The van der Waals surface area contributed by atoms with Crippen molar-refractivity contribution in [3.8, 4) is 0 Å². The average molecular weight is 339 g/mol. The molecular weight excluding hydrogens is 314 g/mol. The largest absolute Gasteiger partial charge is 0.481 e. The number of carbonyl (C=O) groups is 2. The molecule has 1 atom stereocenters. The van der Waals surface area contributed by atoms with Gasteiger partial charge in [-0.05, 0) is 42.9 Å². The highest BCUT2D eigenvalue weighted by molar-refractivity contribution is 5.76. The number of aryl methyl sites for hydroxylation is 2. The van der Waals surface area contributed by atoms with Crippen LogP contribution in [0.25, 0.3) is 0 Å². The summed E-state index contributed by atoms with van der Waals surface area (Å²) in [6.07, 6.45) is 2.22. The third-order valence-electron chi connectivity index (χ3n) is 4.28. The van der Waals surface area contributed by atoms with Gasteiger partial charge in [0, 0.05) is 18.9 Å². The molecule has 2 aromatic carbocycles. The van der Waals surface area contributed by atoms with Crippen LogP contribution in [0.3, 0.4) is 0 Å². The van der Waals surface area contributed by atoms with Gasteiger partial charge < -0.3 is 10.4 Å². The number of carboxylic acids is 1. The minimum absolute atomic E-state index is 0.0328. The van der Waals surface area contributed by atoms with E-state index in [1.165, 1.54) is 11.1 Å². The van der Waals surface area contributed by atoms with Gasteiger partial charge in [-0.25, -0.2) is 0 Å². The second-order valence-electron chi connectivity index (χ2n) is 6.31. The van der Waals surface area contributed by atoms with Crippen molar-refractivity contribution < 1.29 is 14.7 Å². The summed E-state index contributed by atoms with van der Waals surface area (Å²) in [5, 5.41) is 11.9. The van der Waals surface area contributed by atoms with Gasteiger partial charge in [-0.3, -0.25) is 9.59 Å². The highest BCUT2D eigenvalue weighted by atomic mass is 16.4. The number of amides is 1. The topological polar surface area (TPSA) is 66.4 Å². The van der Waals surface area contributed by atoms with Crippen molar-refractivity contribution in [1.29, 1.82) is 0 Å². The summed E-state index contributed by atoms with van der Waals surface area (Å²) < 4.78 is 0. The van der Waals surface area contributed by atoms with Crippen LogP contribution >= 0.6 is 0 Å². The van der Waals surface area contributed by atoms with Crippen LogP contribution in [0.1, 0.15) is 36.0 Å². The van der Waals surface area contributed by atoms with Gasteiger partial charge in [0.1, 0.15) is 0 Å². The Labute approximate surface area is 148 Å². The molecule has 1 unspecified atom stereocenters. The maximum absolute atomic E-state index is 12.3. The third-order valence-corrected chi connectivity index (χ3v) is 4.28. The summed E-state index contributed by atoms with van der Waals surface area (Å²) in [4.78, 5) is 23.2. The summed E-state index contributed by atoms with van der Waals surface area (Å²) in [5.41, 5.74) is 3.45. The molecule has 1 amide bonds. The lowest BCUT2D eigenvalue weighted by Crippen LogP contribution is -2.37. The Morgan fingerprint density at radius 3 is 2.36 bits per heavy atom. The Morgan fingerprint density at radius 2 is 1.68 bits per heavy atom. The van der Waals surface area contributed by atoms with E-state index in [1.807, 2.05) is 61.5 Å². The van der Waals surface area contributed by atoms with Crippen molar-refractivity contribution in [3.63, 3.8) is 0 Å². The van der Waals surface area contributed by atoms with E-state index in [-0.39, 0.29) is 18.4 Å². The first kappa shape index (κ1) is 18.7. The minimum atomic E-state index is -0.841. The number of nitrogens with one attached hydrogen (secondary N) is 1. The molecule has 2 aromatic rings. The summed E-state index contributed by atoms with van der Waals surface area (Å²) in [7, 11) is 0. The lowest BCUT2D eigenvalue weighted by molar-refractivity contribution is -0.137. The molecule has 4 heteroatoms. The Kier molecular flexibility index (Phi) is 7.20. The van der Waals surface area contributed by atoms with Crippen molar-refractivity contribution in [3.05, 3.63) is 71.3 Å². The molecule has 0 saturated heterocycles. The molecule has 0 heterocycles. The van der Waals surface area contributed by atoms with E-state index in [1.54, 1.807) is 0 Å². The first-order chi connectivity index (χ1) is 12.0. The molecule has 0 radical (unpaired) electrons. The molecule has 0 spiro atoms. The van der Waals surface area contributed by atoms with Crippen LogP contribution in [0.15, 0.2) is 54.6 Å². The lowest BCUT2D eigenvalue weighted by Gasteiger charge is -2.18. The van der Waals surface area contributed by atoms with E-state index in [2.05, 4.69) is 5.32 Å². The van der Waals surface area contributed by atoms with Gasteiger partial charge in [-0.15, -0.1) is 0 Å². The fourth-order valence-corrected chi connectivity index (χ4v) is 2.86. The maximum atomic E-state index is 12.3. The van der Waals surface area contributed by atoms with Gasteiger partial charge in [0.2, 0.25) is 5.91 Å². The SMILES string of the molecule is Cc1ccccc1CCC(=O)NC(CCC(=O)O)Cc1ccccc1. The number of benzene rings is 2. The van der Waals surface area contributed by atoms with Crippen molar-refractivity contribution >= 4 is 11.9 Å². The zero-order valence-electron chi connectivity index (χ0n) is 14.6. The zero-order valence-corrected chi connectivity index (χ0v) is 14.6. The quantitative estimate of drug-likeness (QED) is 0.734. The van der Waals surface area contributed by atoms with Crippen LogP contribution in [-0.2, 0) is 22.4 Å². The number of aliphatic carboxylic acids is 1. The summed E-state index contributed by atoms with van der Waals surface area (Å²) in [6.45, 7) is 2.04. The van der Waals surface area contributed by atoms with Crippen molar-refractivity contribution in [2.45, 2.75) is 45.1 Å². The highest BCUT2D eigenvalue weighted by Gasteiger charge is 2.15. The Bertz CT molecular complexity index is 697. The number of carbonyl (C=O) groups excluding carboxylic acids is 1. The second-order valence-corrected chi connectivity index (χ2v) is 6.31. The molecule has 25 heavy (non-hydrogen) atoms. The van der Waals surface area contributed by atoms with E-state index < -0.39 is 5.97 Å². The second kappa shape index (κ2) is 9.62. The molecule has 0 aromatic heterocycles. The van der Waals surface area contributed by atoms with Crippen LogP contribution in [0, 0.1) is 6.92 Å². The minimum Gasteiger partial charge on any atom is -0.481 e. The van der Waals surface area contributed by atoms with Gasteiger partial charge in [-0.2, -0.15) is 0 Å². The van der Waals surface area contributed by atoms with E-state index >= 15 is 0 Å². The van der Waals surface area contributed by atoms with Gasteiger partial charge in [-0.1, -0.05) is 54.6 Å². The number of rotatable bonds is 9. The predicted octanol–water partition coefficient (Wildman–Crippen LogP) is 3.52. The molecule has 2 rings (SSSR count). The fourth-order valence-electron chi connectivity index (χ4n) is 2.86. The molecular formula is C21H25NO3. The molecule has 4 nitrogen and oxygen atoms in total. The first-order valence-corrected chi connectivity index (χ1v) is 8.64. The van der Waals surface area contributed by atoms with Gasteiger partial charge >= 0.3 is 5.97 Å². The van der Waals surface area contributed by atoms with E-state index in [0.29, 0.717) is 25.7 Å². The Morgan fingerprint density at radius 1 is 1.00 bits per heavy atom. The summed E-state index contributed by atoms with van der Waals surface area (Å²) in [6, 6.07) is 17.7. The van der Waals surface area contributed by atoms with Crippen molar-refractivity contribution in [2.24, 2.45) is 0 Å². The van der Waals surface area contributed by atoms with E-state index in [9.17, 15) is 9.59 Å². The van der Waals surface area contributed by atoms with Crippen LogP contribution in [0.5, 0.6) is 0 Å². The van der Waals surface area contributed by atoms with Crippen LogP contribution in [0.4, 0.5) is 0 Å². The first-order valence-electron chi connectivity index (χ1n) is 8.64. The van der Waals surface area contributed by atoms with Crippen molar-refractivity contribution in [1.82, 2.24) is 5.32 Å². The standard InChI is InChI=1S/C21H25NO3/c1-16-7-5-6-10-18(16)11-13-20(23)22-19(12-14-21(24)25)15-17-8-3-2-4-9-17/h2-10,19H,11-15H2,1H3,(H,22,23)(H,24,25). The number of carboxylic acid groups (broad SMARTS) is 1. The monoisotopic (exact) mass is 339 g/mol. The molecule has 132 valence electrons. The Hall–Kier alpha value is -2.62. The summed E-state index contributed by atoms with van der Waals surface area (Å²) >= 11 is 0. The van der Waals surface area contributed by atoms with Gasteiger partial charge in [0.15, 0.2) is 0 Å². The number of hydrogen-bond donors (Lipinski definition) is 2. The Balaban J connectivity index is 1.91. The lowest BCUT2D eigenvalue weighted by atomic mass is 10.0. The summed E-state index contributed by atoms with van der Waals surface area (Å²) in [5.74, 6) is -0.873. The molecule has 2 N–H and O–H groups in total. The molecule has 0 fully saturated rings. The third kappa shape index (κ3) is 6.79. The van der Waals surface area contributed by atoms with Gasteiger partial charge in [0.05, 0.1) is 0 Å². The zero-order chi connectivity index (χ0) is 18.1. The molecule has 0 aliphatic heterocycles. The predicted molar refractivity (Wildman–Crippen MR) is 98.4 cm³/mol. The highest BCUT2D eigenvalue weighted by Crippen LogP contribution is 2.11. The maximum Gasteiger partial charge on any atom is 0.303 e. The fraction of sp³-hybridized carbons (Fsp3) is 0.333. The smallest absolute Gasteiger partial charge is 0.303 e. The van der Waals surface area contributed by atoms with Crippen molar-refractivity contribution in [2.75, 3.05) is 0 Å². The molecule has 0 aliphatic rings. The van der Waals surface area contributed by atoms with E-state index in [0.717, 1.165) is 5.56 Å².